The molecular weight excluding hydrogens is 226 g/mol. The maximum atomic E-state index is 11.3. The number of carbonyl (C=O) groups is 1. The van der Waals surface area contributed by atoms with Gasteiger partial charge >= 0.3 is 6.03 Å². The molecule has 2 amide bonds. The average Bonchev–Trinajstić information content (AvgIpc) is 2.38. The highest BCUT2D eigenvalue weighted by Crippen LogP contribution is 2.03. The van der Waals surface area contributed by atoms with Gasteiger partial charge in [0, 0.05) is 13.1 Å². The molecule has 0 aliphatic rings. The molecule has 1 aromatic carbocycles. The first-order chi connectivity index (χ1) is 8.74. The topological polar surface area (TPSA) is 72.3 Å². The van der Waals surface area contributed by atoms with Crippen LogP contribution in [-0.4, -0.2) is 30.6 Å². The summed E-state index contributed by atoms with van der Waals surface area (Å²) in [5.41, 5.74) is 12.0. The van der Waals surface area contributed by atoms with Gasteiger partial charge in [-0.1, -0.05) is 36.8 Å². The lowest BCUT2D eigenvalue weighted by atomic mass is 10.1. The zero-order chi connectivity index (χ0) is 13.2. The Hall–Kier alpha value is -1.55. The Kier molecular flexibility index (Phi) is 6.87. The summed E-state index contributed by atoms with van der Waals surface area (Å²) in [6, 6.07) is 9.79. The van der Waals surface area contributed by atoms with Gasteiger partial charge in [0.05, 0.1) is 0 Å². The zero-order valence-electron chi connectivity index (χ0n) is 10.8. The quantitative estimate of drug-likeness (QED) is 0.689. The Morgan fingerprint density at radius 1 is 1.06 bits per heavy atom. The van der Waals surface area contributed by atoms with Crippen molar-refractivity contribution in [2.45, 2.75) is 25.7 Å². The largest absolute Gasteiger partial charge is 0.351 e. The lowest BCUT2D eigenvalue weighted by Gasteiger charge is -2.20. The summed E-state index contributed by atoms with van der Waals surface area (Å²) >= 11 is 0. The number of rotatable bonds is 8. The Labute approximate surface area is 109 Å². The van der Waals surface area contributed by atoms with E-state index in [-0.39, 0.29) is 6.03 Å². The minimum atomic E-state index is -0.335. The molecule has 0 atom stereocenters. The average molecular weight is 249 g/mol. The van der Waals surface area contributed by atoms with E-state index in [1.54, 1.807) is 4.90 Å². The first-order valence-corrected chi connectivity index (χ1v) is 6.52. The van der Waals surface area contributed by atoms with Crippen molar-refractivity contribution in [2.75, 3.05) is 19.6 Å². The summed E-state index contributed by atoms with van der Waals surface area (Å²) in [6.07, 6.45) is 3.87. The van der Waals surface area contributed by atoms with Gasteiger partial charge < -0.3 is 16.4 Å². The lowest BCUT2D eigenvalue weighted by Crippen LogP contribution is -2.38. The smallest absolute Gasteiger partial charge is 0.314 e. The van der Waals surface area contributed by atoms with Crippen molar-refractivity contribution in [3.8, 4) is 0 Å². The molecule has 4 nitrogen and oxygen atoms in total. The van der Waals surface area contributed by atoms with Crippen molar-refractivity contribution >= 4 is 6.03 Å². The second-order valence-electron chi connectivity index (χ2n) is 4.41. The predicted molar refractivity (Wildman–Crippen MR) is 74.2 cm³/mol. The fraction of sp³-hybridized carbons (Fsp3) is 0.500. The summed E-state index contributed by atoms with van der Waals surface area (Å²) < 4.78 is 0. The Balaban J connectivity index is 2.32. The van der Waals surface area contributed by atoms with Crippen molar-refractivity contribution in [1.82, 2.24) is 4.90 Å². The molecule has 1 rings (SSSR count). The van der Waals surface area contributed by atoms with Crippen LogP contribution >= 0.6 is 0 Å². The number of primary amides is 1. The van der Waals surface area contributed by atoms with Crippen LogP contribution in [0.4, 0.5) is 4.79 Å². The van der Waals surface area contributed by atoms with Crippen molar-refractivity contribution in [3.63, 3.8) is 0 Å². The highest BCUT2D eigenvalue weighted by molar-refractivity contribution is 5.71. The number of nitrogens with two attached hydrogens (primary N) is 2. The fourth-order valence-electron chi connectivity index (χ4n) is 1.86. The van der Waals surface area contributed by atoms with Gasteiger partial charge in [-0.25, -0.2) is 4.79 Å². The molecule has 0 heterocycles. The van der Waals surface area contributed by atoms with E-state index in [4.69, 9.17) is 11.5 Å². The van der Waals surface area contributed by atoms with Gasteiger partial charge in [-0.05, 0) is 31.4 Å². The van der Waals surface area contributed by atoms with Crippen molar-refractivity contribution in [2.24, 2.45) is 11.5 Å². The summed E-state index contributed by atoms with van der Waals surface area (Å²) in [6.45, 7) is 2.12. The molecular formula is C14H23N3O. The first-order valence-electron chi connectivity index (χ1n) is 6.52. The van der Waals surface area contributed by atoms with Crippen LogP contribution < -0.4 is 11.5 Å². The van der Waals surface area contributed by atoms with Crippen molar-refractivity contribution in [1.29, 1.82) is 0 Å². The molecule has 0 saturated heterocycles. The molecule has 0 aromatic heterocycles. The SMILES string of the molecule is NCCCCCN(CCc1ccccc1)C(N)=O. The molecule has 0 fully saturated rings. The molecule has 0 radical (unpaired) electrons. The normalized spacial score (nSPS) is 10.3. The number of benzene rings is 1. The van der Waals surface area contributed by atoms with Crippen LogP contribution in [0.5, 0.6) is 0 Å². The number of urea groups is 1. The third-order valence-electron chi connectivity index (χ3n) is 2.96. The third-order valence-corrected chi connectivity index (χ3v) is 2.96. The van der Waals surface area contributed by atoms with Gasteiger partial charge in [-0.3, -0.25) is 0 Å². The van der Waals surface area contributed by atoms with E-state index in [0.29, 0.717) is 13.1 Å². The number of hydrogen-bond donors (Lipinski definition) is 2. The Bertz CT molecular complexity index is 340. The molecule has 0 aliphatic heterocycles. The van der Waals surface area contributed by atoms with Crippen molar-refractivity contribution < 1.29 is 4.79 Å². The number of nitrogens with zero attached hydrogens (tertiary/aromatic N) is 1. The van der Waals surface area contributed by atoms with Crippen LogP contribution in [-0.2, 0) is 6.42 Å². The summed E-state index contributed by atoms with van der Waals surface area (Å²) in [5, 5.41) is 0. The number of amides is 2. The fourth-order valence-corrected chi connectivity index (χ4v) is 1.86. The van der Waals surface area contributed by atoms with Gasteiger partial charge in [-0.15, -0.1) is 0 Å². The third kappa shape index (κ3) is 5.68. The Morgan fingerprint density at radius 2 is 1.78 bits per heavy atom. The van der Waals surface area contributed by atoms with E-state index in [9.17, 15) is 4.79 Å². The summed E-state index contributed by atoms with van der Waals surface area (Å²) in [4.78, 5) is 13.0. The number of unbranched alkanes of at least 4 members (excludes halogenated alkanes) is 2. The molecule has 18 heavy (non-hydrogen) atoms. The summed E-state index contributed by atoms with van der Waals surface area (Å²) in [5.74, 6) is 0. The first kappa shape index (κ1) is 14.5. The van der Waals surface area contributed by atoms with Gasteiger partial charge in [-0.2, -0.15) is 0 Å². The van der Waals surface area contributed by atoms with Crippen LogP contribution in [0.25, 0.3) is 0 Å². The van der Waals surface area contributed by atoms with Crippen molar-refractivity contribution in [3.05, 3.63) is 35.9 Å². The van der Waals surface area contributed by atoms with Gasteiger partial charge in [0.2, 0.25) is 0 Å². The van der Waals surface area contributed by atoms with E-state index in [1.807, 2.05) is 18.2 Å². The Morgan fingerprint density at radius 3 is 2.39 bits per heavy atom. The summed E-state index contributed by atoms with van der Waals surface area (Å²) in [7, 11) is 0. The molecule has 4 N–H and O–H groups in total. The molecule has 0 saturated carbocycles. The highest BCUT2D eigenvalue weighted by atomic mass is 16.2. The number of carbonyl (C=O) groups excluding carboxylic acids is 1. The van der Waals surface area contributed by atoms with Gasteiger partial charge in [0.15, 0.2) is 0 Å². The van der Waals surface area contributed by atoms with Crippen LogP contribution in [0.2, 0.25) is 0 Å². The van der Waals surface area contributed by atoms with E-state index < -0.39 is 0 Å². The monoisotopic (exact) mass is 249 g/mol. The lowest BCUT2D eigenvalue weighted by molar-refractivity contribution is 0.207. The highest BCUT2D eigenvalue weighted by Gasteiger charge is 2.08. The molecule has 0 spiro atoms. The molecule has 1 aromatic rings. The predicted octanol–water partition coefficient (Wildman–Crippen LogP) is 1.74. The van der Waals surface area contributed by atoms with Crippen LogP contribution in [0.1, 0.15) is 24.8 Å². The molecule has 0 aliphatic carbocycles. The van der Waals surface area contributed by atoms with E-state index in [1.165, 1.54) is 5.56 Å². The second-order valence-corrected chi connectivity index (χ2v) is 4.41. The molecule has 0 unspecified atom stereocenters. The molecule has 0 bridgehead atoms. The molecule has 4 heteroatoms. The number of hydrogen-bond acceptors (Lipinski definition) is 2. The second kappa shape index (κ2) is 8.53. The van der Waals surface area contributed by atoms with Crippen LogP contribution in [0, 0.1) is 0 Å². The van der Waals surface area contributed by atoms with Crippen LogP contribution in [0.15, 0.2) is 30.3 Å². The van der Waals surface area contributed by atoms with E-state index in [0.717, 1.165) is 32.2 Å². The maximum Gasteiger partial charge on any atom is 0.314 e. The minimum absolute atomic E-state index is 0.335. The standard InChI is InChI=1S/C14H23N3O/c15-10-5-2-6-11-17(14(16)18)12-9-13-7-3-1-4-8-13/h1,3-4,7-8H,2,5-6,9-12,15H2,(H2,16,18). The van der Waals surface area contributed by atoms with Gasteiger partial charge in [0.1, 0.15) is 0 Å². The van der Waals surface area contributed by atoms with E-state index >= 15 is 0 Å². The van der Waals surface area contributed by atoms with Crippen LogP contribution in [0.3, 0.4) is 0 Å². The zero-order valence-corrected chi connectivity index (χ0v) is 10.8. The van der Waals surface area contributed by atoms with Gasteiger partial charge in [0.25, 0.3) is 0 Å². The minimum Gasteiger partial charge on any atom is -0.351 e. The maximum absolute atomic E-state index is 11.3. The molecule has 100 valence electrons. The van der Waals surface area contributed by atoms with E-state index in [2.05, 4.69) is 12.1 Å².